The third-order valence-electron chi connectivity index (χ3n) is 4.66. The van der Waals surface area contributed by atoms with Crippen molar-refractivity contribution in [3.05, 3.63) is 39.3 Å². The molecule has 0 spiro atoms. The molecule has 2 aromatic heterocycles. The van der Waals surface area contributed by atoms with Gasteiger partial charge in [0, 0.05) is 43.7 Å². The zero-order valence-electron chi connectivity index (χ0n) is 13.1. The fraction of sp³-hybridized carbons (Fsp3) is 0.588. The minimum atomic E-state index is 0.685. The van der Waals surface area contributed by atoms with Crippen LogP contribution in [0, 0.1) is 5.92 Å². The first-order valence-electron chi connectivity index (χ1n) is 8.15. The van der Waals surface area contributed by atoms with Crippen molar-refractivity contribution in [2.45, 2.75) is 39.0 Å². The average molecular weight is 317 g/mol. The quantitative estimate of drug-likeness (QED) is 0.820. The van der Waals surface area contributed by atoms with Crippen LogP contribution in [0.3, 0.4) is 0 Å². The molecule has 1 saturated carbocycles. The smallest absolute Gasteiger partial charge is 0.0917 e. The van der Waals surface area contributed by atoms with Gasteiger partial charge in [-0.2, -0.15) is 5.10 Å². The highest BCUT2D eigenvalue weighted by Gasteiger charge is 2.25. The van der Waals surface area contributed by atoms with E-state index >= 15 is 0 Å². The second-order valence-electron chi connectivity index (χ2n) is 6.49. The second kappa shape index (κ2) is 6.14. The maximum Gasteiger partial charge on any atom is 0.0917 e. The van der Waals surface area contributed by atoms with Crippen molar-refractivity contribution in [1.82, 2.24) is 14.7 Å². The van der Waals surface area contributed by atoms with Gasteiger partial charge in [-0.1, -0.05) is 6.07 Å². The summed E-state index contributed by atoms with van der Waals surface area (Å²) in [6.45, 7) is 4.77. The van der Waals surface area contributed by atoms with Gasteiger partial charge >= 0.3 is 0 Å². The summed E-state index contributed by atoms with van der Waals surface area (Å²) in [5.74, 6) is 0.820. The Morgan fingerprint density at radius 3 is 3.09 bits per heavy atom. The summed E-state index contributed by atoms with van der Waals surface area (Å²) in [4.78, 5) is 3.96. The first kappa shape index (κ1) is 14.4. The summed E-state index contributed by atoms with van der Waals surface area (Å²) in [5, 5.41) is 6.87. The van der Waals surface area contributed by atoms with Gasteiger partial charge in [-0.3, -0.25) is 9.58 Å². The van der Waals surface area contributed by atoms with Gasteiger partial charge in [0.1, 0.15) is 0 Å². The lowest BCUT2D eigenvalue weighted by Crippen LogP contribution is -2.30. The zero-order valence-corrected chi connectivity index (χ0v) is 13.9. The molecular weight excluding hydrogens is 294 g/mol. The van der Waals surface area contributed by atoms with E-state index in [2.05, 4.69) is 34.1 Å². The topological polar surface area (TPSA) is 30.3 Å². The van der Waals surface area contributed by atoms with Crippen molar-refractivity contribution < 1.29 is 4.74 Å². The van der Waals surface area contributed by atoms with Gasteiger partial charge in [-0.15, -0.1) is 11.3 Å². The van der Waals surface area contributed by atoms with Gasteiger partial charge in [0.15, 0.2) is 0 Å². The maximum atomic E-state index is 5.85. The Kier molecular flexibility index (Phi) is 4.03. The van der Waals surface area contributed by atoms with Crippen molar-refractivity contribution in [2.24, 2.45) is 13.0 Å². The number of ether oxygens (including phenoxy) is 1. The molecule has 0 bridgehead atoms. The predicted molar refractivity (Wildman–Crippen MR) is 87.7 cm³/mol. The van der Waals surface area contributed by atoms with Crippen LogP contribution in [0.4, 0.5) is 0 Å². The fourth-order valence-corrected chi connectivity index (χ4v) is 3.94. The summed E-state index contributed by atoms with van der Waals surface area (Å²) >= 11 is 1.84. The minimum absolute atomic E-state index is 0.685. The number of aryl methyl sites for hydroxylation is 1. The molecule has 1 aliphatic carbocycles. The van der Waals surface area contributed by atoms with E-state index in [0.717, 1.165) is 44.3 Å². The van der Waals surface area contributed by atoms with E-state index in [1.165, 1.54) is 29.0 Å². The van der Waals surface area contributed by atoms with Gasteiger partial charge in [0.05, 0.1) is 18.0 Å². The van der Waals surface area contributed by atoms with Gasteiger partial charge < -0.3 is 4.74 Å². The lowest BCUT2D eigenvalue weighted by molar-refractivity contribution is 0.107. The zero-order chi connectivity index (χ0) is 14.9. The number of aromatic nitrogens is 2. The van der Waals surface area contributed by atoms with E-state index in [1.54, 1.807) is 0 Å². The fourth-order valence-electron chi connectivity index (χ4n) is 3.19. The highest BCUT2D eigenvalue weighted by molar-refractivity contribution is 7.09. The molecule has 0 aromatic carbocycles. The standard InChI is InChI=1S/C17H23N3OS/c1-19-17-10-20(9-14-3-2-8-22-14)7-6-15(17)16(18-19)12-21-11-13-4-5-13/h2-3,8,13H,4-7,9-12H2,1H3. The summed E-state index contributed by atoms with van der Waals surface area (Å²) in [6.07, 6.45) is 3.78. The third-order valence-corrected chi connectivity index (χ3v) is 5.52. The van der Waals surface area contributed by atoms with Gasteiger partial charge in [-0.25, -0.2) is 0 Å². The molecule has 0 unspecified atom stereocenters. The van der Waals surface area contributed by atoms with E-state index in [0.29, 0.717) is 6.61 Å². The molecule has 0 saturated heterocycles. The Balaban J connectivity index is 1.41. The van der Waals surface area contributed by atoms with Crippen LogP contribution in [0.5, 0.6) is 0 Å². The van der Waals surface area contributed by atoms with Crippen LogP contribution >= 0.6 is 11.3 Å². The summed E-state index contributed by atoms with van der Waals surface area (Å²) < 4.78 is 7.91. The molecule has 2 aliphatic rings. The average Bonchev–Trinajstić information content (AvgIpc) is 3.10. The number of hydrogen-bond donors (Lipinski definition) is 0. The maximum absolute atomic E-state index is 5.85. The molecule has 22 heavy (non-hydrogen) atoms. The monoisotopic (exact) mass is 317 g/mol. The van der Waals surface area contributed by atoms with Crippen LogP contribution in [0.25, 0.3) is 0 Å². The summed E-state index contributed by atoms with van der Waals surface area (Å²) in [5.41, 5.74) is 3.96. The van der Waals surface area contributed by atoms with Gasteiger partial charge in [0.2, 0.25) is 0 Å². The molecule has 118 valence electrons. The van der Waals surface area contributed by atoms with E-state index in [1.807, 2.05) is 11.3 Å². The van der Waals surface area contributed by atoms with Crippen molar-refractivity contribution >= 4 is 11.3 Å². The van der Waals surface area contributed by atoms with E-state index in [4.69, 9.17) is 9.84 Å². The molecule has 2 aromatic rings. The van der Waals surface area contributed by atoms with Crippen molar-refractivity contribution in [1.29, 1.82) is 0 Å². The largest absolute Gasteiger partial charge is 0.375 e. The van der Waals surface area contributed by atoms with Crippen LogP contribution in [0.1, 0.15) is 34.7 Å². The minimum Gasteiger partial charge on any atom is -0.375 e. The summed E-state index contributed by atoms with van der Waals surface area (Å²) in [6, 6.07) is 4.36. The van der Waals surface area contributed by atoms with Gasteiger partial charge in [0.25, 0.3) is 0 Å². The Morgan fingerprint density at radius 1 is 1.41 bits per heavy atom. The van der Waals surface area contributed by atoms with Gasteiger partial charge in [-0.05, 0) is 36.6 Å². The van der Waals surface area contributed by atoms with Crippen molar-refractivity contribution in [3.63, 3.8) is 0 Å². The predicted octanol–water partition coefficient (Wildman–Crippen LogP) is 2.97. The Labute approximate surface area is 135 Å². The Bertz CT molecular complexity index is 631. The third kappa shape index (κ3) is 3.12. The molecule has 1 fully saturated rings. The molecule has 5 heteroatoms. The molecule has 0 N–H and O–H groups in total. The lowest BCUT2D eigenvalue weighted by atomic mass is 10.0. The Hall–Kier alpha value is -1.17. The van der Waals surface area contributed by atoms with Crippen LogP contribution in [0.2, 0.25) is 0 Å². The molecule has 0 atom stereocenters. The van der Waals surface area contributed by atoms with E-state index < -0.39 is 0 Å². The molecule has 4 nitrogen and oxygen atoms in total. The number of rotatable bonds is 6. The molecule has 1 aliphatic heterocycles. The number of nitrogens with zero attached hydrogens (tertiary/aromatic N) is 3. The van der Waals surface area contributed by atoms with Crippen molar-refractivity contribution in [3.8, 4) is 0 Å². The molecule has 0 radical (unpaired) electrons. The second-order valence-corrected chi connectivity index (χ2v) is 7.53. The lowest BCUT2D eigenvalue weighted by Gasteiger charge is -2.27. The number of hydrogen-bond acceptors (Lipinski definition) is 4. The number of thiophene rings is 1. The molecular formula is C17H23N3OS. The van der Waals surface area contributed by atoms with E-state index in [-0.39, 0.29) is 0 Å². The normalized spacial score (nSPS) is 18.6. The highest BCUT2D eigenvalue weighted by atomic mass is 32.1. The van der Waals surface area contributed by atoms with Crippen LogP contribution in [-0.4, -0.2) is 27.8 Å². The first-order valence-corrected chi connectivity index (χ1v) is 9.03. The van der Waals surface area contributed by atoms with Crippen molar-refractivity contribution in [2.75, 3.05) is 13.2 Å². The first-order chi connectivity index (χ1) is 10.8. The van der Waals surface area contributed by atoms with Crippen LogP contribution in [-0.2, 0) is 37.9 Å². The molecule has 0 amide bonds. The number of fused-ring (bicyclic) bond motifs is 1. The molecule has 3 heterocycles. The SMILES string of the molecule is Cn1nc(COCC2CC2)c2c1CN(Cc1cccs1)CC2. The van der Waals surface area contributed by atoms with Crippen LogP contribution < -0.4 is 0 Å². The van der Waals surface area contributed by atoms with Crippen LogP contribution in [0.15, 0.2) is 17.5 Å². The Morgan fingerprint density at radius 2 is 2.32 bits per heavy atom. The highest BCUT2D eigenvalue weighted by Crippen LogP contribution is 2.30. The summed E-state index contributed by atoms with van der Waals surface area (Å²) in [7, 11) is 2.07. The molecule has 4 rings (SSSR count). The van der Waals surface area contributed by atoms with E-state index in [9.17, 15) is 0 Å².